The molecule has 8 nitrogen and oxygen atoms in total. The number of piperidine rings is 1. The van der Waals surface area contributed by atoms with Crippen molar-refractivity contribution in [3.8, 4) is 0 Å². The van der Waals surface area contributed by atoms with Crippen LogP contribution in [0, 0.1) is 0 Å². The van der Waals surface area contributed by atoms with Crippen LogP contribution < -0.4 is 11.1 Å². The van der Waals surface area contributed by atoms with Crippen LogP contribution in [0.3, 0.4) is 0 Å². The Bertz CT molecular complexity index is 848. The van der Waals surface area contributed by atoms with E-state index < -0.39 is 29.7 Å². The van der Waals surface area contributed by atoms with Gasteiger partial charge in [-0.05, 0) is 37.3 Å². The second-order valence-corrected chi connectivity index (χ2v) is 7.13. The van der Waals surface area contributed by atoms with E-state index in [2.05, 4.69) is 5.32 Å². The number of anilines is 1. The van der Waals surface area contributed by atoms with Crippen molar-refractivity contribution in [3.05, 3.63) is 28.8 Å². The number of nitrogen functional groups attached to an aromatic ring is 1. The molecule has 0 aliphatic carbocycles. The Morgan fingerprint density at radius 3 is 2.54 bits per heavy atom. The molecule has 0 spiro atoms. The second kappa shape index (κ2) is 8.33. The van der Waals surface area contributed by atoms with E-state index in [1.54, 1.807) is 12.1 Å². The largest absolute Gasteiger partial charge is 0.398 e. The lowest BCUT2D eigenvalue weighted by Crippen LogP contribution is -2.54. The number of amides is 4. The molecule has 0 radical (unpaired) electrons. The summed E-state index contributed by atoms with van der Waals surface area (Å²) in [6.45, 7) is 0. The van der Waals surface area contributed by atoms with Crippen LogP contribution in [0.2, 0.25) is 0 Å². The Morgan fingerprint density at radius 1 is 1.07 bits per heavy atom. The molecule has 1 unspecified atom stereocenters. The quantitative estimate of drug-likeness (QED) is 0.301. The zero-order chi connectivity index (χ0) is 20.3. The highest BCUT2D eigenvalue weighted by Gasteiger charge is 2.45. The van der Waals surface area contributed by atoms with Gasteiger partial charge in [0, 0.05) is 18.5 Å². The van der Waals surface area contributed by atoms with Gasteiger partial charge in [-0.25, -0.2) is 0 Å². The first-order valence-corrected chi connectivity index (χ1v) is 9.52. The third-order valence-corrected chi connectivity index (χ3v) is 5.26. The first-order valence-electron chi connectivity index (χ1n) is 9.52. The van der Waals surface area contributed by atoms with Gasteiger partial charge in [-0.2, -0.15) is 0 Å². The van der Waals surface area contributed by atoms with Crippen molar-refractivity contribution >= 4 is 35.6 Å². The van der Waals surface area contributed by atoms with Crippen LogP contribution in [-0.4, -0.2) is 40.9 Å². The molecule has 0 bridgehead atoms. The molecule has 2 aliphatic rings. The molecule has 1 aromatic rings. The summed E-state index contributed by atoms with van der Waals surface area (Å²) < 4.78 is 0. The van der Waals surface area contributed by atoms with Crippen LogP contribution in [0.25, 0.3) is 0 Å². The van der Waals surface area contributed by atoms with Crippen LogP contribution in [0.5, 0.6) is 0 Å². The van der Waals surface area contributed by atoms with Crippen molar-refractivity contribution in [2.24, 2.45) is 0 Å². The molecule has 4 amide bonds. The van der Waals surface area contributed by atoms with E-state index in [0.29, 0.717) is 12.8 Å². The highest BCUT2D eigenvalue weighted by Crippen LogP contribution is 2.33. The second-order valence-electron chi connectivity index (χ2n) is 7.13. The first-order chi connectivity index (χ1) is 13.5. The Balaban J connectivity index is 1.74. The van der Waals surface area contributed by atoms with E-state index in [0.717, 1.165) is 42.4 Å². The predicted octanol–water partition coefficient (Wildman–Crippen LogP) is 1.36. The minimum Gasteiger partial charge on any atom is -0.398 e. The van der Waals surface area contributed by atoms with E-state index in [9.17, 15) is 24.0 Å². The molecule has 0 saturated carbocycles. The van der Waals surface area contributed by atoms with Crippen molar-refractivity contribution in [3.63, 3.8) is 0 Å². The summed E-state index contributed by atoms with van der Waals surface area (Å²) in [5.74, 6) is -2.19. The SMILES string of the molecule is Nc1c(CCCCCCC=O)ccc2c1C(=O)N(C1CCC(=O)NC1=O)C2=O. The van der Waals surface area contributed by atoms with Crippen molar-refractivity contribution in [2.45, 2.75) is 57.4 Å². The fourth-order valence-electron chi connectivity index (χ4n) is 3.74. The summed E-state index contributed by atoms with van der Waals surface area (Å²) in [5.41, 5.74) is 7.61. The third kappa shape index (κ3) is 3.67. The molecule has 3 N–H and O–H groups in total. The minimum atomic E-state index is -0.995. The predicted molar refractivity (Wildman–Crippen MR) is 100 cm³/mol. The molecule has 1 aromatic carbocycles. The lowest BCUT2D eigenvalue weighted by atomic mass is 9.98. The normalized spacial score (nSPS) is 19.0. The zero-order valence-corrected chi connectivity index (χ0v) is 15.5. The molecule has 1 fully saturated rings. The topological polar surface area (TPSA) is 127 Å². The molecular formula is C20H23N3O5. The number of aryl methyl sites for hydroxylation is 1. The van der Waals surface area contributed by atoms with Gasteiger partial charge in [0.1, 0.15) is 12.3 Å². The van der Waals surface area contributed by atoms with Crippen LogP contribution in [0.15, 0.2) is 12.1 Å². The number of fused-ring (bicyclic) bond motifs is 1. The lowest BCUT2D eigenvalue weighted by Gasteiger charge is -2.27. The number of nitrogens with one attached hydrogen (secondary N) is 1. The third-order valence-electron chi connectivity index (χ3n) is 5.26. The van der Waals surface area contributed by atoms with Gasteiger partial charge in [-0.15, -0.1) is 0 Å². The summed E-state index contributed by atoms with van der Waals surface area (Å²) in [7, 11) is 0. The summed E-state index contributed by atoms with van der Waals surface area (Å²) in [5, 5.41) is 2.17. The van der Waals surface area contributed by atoms with Crippen LogP contribution >= 0.6 is 0 Å². The van der Waals surface area contributed by atoms with Gasteiger partial charge < -0.3 is 10.5 Å². The van der Waals surface area contributed by atoms with E-state index in [4.69, 9.17) is 5.73 Å². The highest BCUT2D eigenvalue weighted by molar-refractivity contribution is 6.25. The first kappa shape index (κ1) is 19.7. The van der Waals surface area contributed by atoms with E-state index in [1.807, 2.05) is 0 Å². The summed E-state index contributed by atoms with van der Waals surface area (Å²) in [6.07, 6.45) is 5.95. The van der Waals surface area contributed by atoms with Gasteiger partial charge >= 0.3 is 0 Å². The van der Waals surface area contributed by atoms with E-state index in [1.165, 1.54) is 0 Å². The summed E-state index contributed by atoms with van der Waals surface area (Å²) in [6, 6.07) is 2.34. The van der Waals surface area contributed by atoms with Crippen molar-refractivity contribution in [1.82, 2.24) is 10.2 Å². The van der Waals surface area contributed by atoms with E-state index >= 15 is 0 Å². The molecule has 1 saturated heterocycles. The average Bonchev–Trinajstić information content (AvgIpc) is 2.91. The standard InChI is InChI=1S/C20H23N3O5/c21-17-12(6-4-2-1-3-5-11-24)7-8-13-16(17)20(28)23(19(13)27)14-9-10-15(25)22-18(14)26/h7-8,11,14H,1-6,9-10,21H2,(H,22,25,26). The summed E-state index contributed by atoms with van der Waals surface area (Å²) >= 11 is 0. The number of carbonyl (C=O) groups excluding carboxylic acids is 5. The number of hydrogen-bond acceptors (Lipinski definition) is 6. The number of unbranched alkanes of at least 4 members (excludes halogenated alkanes) is 4. The van der Waals surface area contributed by atoms with Gasteiger partial charge in [0.25, 0.3) is 11.8 Å². The number of nitrogens with zero attached hydrogens (tertiary/aromatic N) is 1. The maximum Gasteiger partial charge on any atom is 0.264 e. The molecule has 0 aromatic heterocycles. The van der Waals surface area contributed by atoms with Crippen LogP contribution in [-0.2, 0) is 20.8 Å². The molecule has 28 heavy (non-hydrogen) atoms. The molecule has 148 valence electrons. The number of nitrogens with two attached hydrogens (primary N) is 1. The van der Waals surface area contributed by atoms with E-state index in [-0.39, 0.29) is 29.7 Å². The van der Waals surface area contributed by atoms with Gasteiger partial charge in [-0.3, -0.25) is 29.4 Å². The number of imide groups is 2. The zero-order valence-electron chi connectivity index (χ0n) is 15.5. The van der Waals surface area contributed by atoms with Crippen molar-refractivity contribution in [2.75, 3.05) is 5.73 Å². The lowest BCUT2D eigenvalue weighted by molar-refractivity contribution is -0.136. The molecular weight excluding hydrogens is 362 g/mol. The Labute approximate surface area is 162 Å². The van der Waals surface area contributed by atoms with Crippen LogP contribution in [0.4, 0.5) is 5.69 Å². The Morgan fingerprint density at radius 2 is 1.82 bits per heavy atom. The van der Waals surface area contributed by atoms with Gasteiger partial charge in [0.2, 0.25) is 11.8 Å². The fourth-order valence-corrected chi connectivity index (χ4v) is 3.74. The average molecular weight is 385 g/mol. The highest BCUT2D eigenvalue weighted by atomic mass is 16.2. The molecule has 2 aliphatic heterocycles. The molecule has 3 rings (SSSR count). The monoisotopic (exact) mass is 385 g/mol. The fraction of sp³-hybridized carbons (Fsp3) is 0.450. The number of rotatable bonds is 8. The maximum atomic E-state index is 12.9. The van der Waals surface area contributed by atoms with Gasteiger partial charge in [0.05, 0.1) is 11.1 Å². The minimum absolute atomic E-state index is 0.0780. The number of carbonyl (C=O) groups is 5. The van der Waals surface area contributed by atoms with Gasteiger partial charge in [-0.1, -0.05) is 18.9 Å². The Hall–Kier alpha value is -3.03. The molecule has 2 heterocycles. The number of hydrogen-bond donors (Lipinski definition) is 2. The van der Waals surface area contributed by atoms with Crippen molar-refractivity contribution < 1.29 is 24.0 Å². The number of aldehydes is 1. The summed E-state index contributed by atoms with van der Waals surface area (Å²) in [4.78, 5) is 60.3. The van der Waals surface area contributed by atoms with Gasteiger partial charge in [0.15, 0.2) is 0 Å². The molecule has 8 heteroatoms. The van der Waals surface area contributed by atoms with Crippen LogP contribution in [0.1, 0.15) is 71.2 Å². The Kier molecular flexibility index (Phi) is 5.87. The number of benzene rings is 1. The van der Waals surface area contributed by atoms with Crippen molar-refractivity contribution in [1.29, 1.82) is 0 Å². The molecule has 1 atom stereocenters. The smallest absolute Gasteiger partial charge is 0.264 e. The maximum absolute atomic E-state index is 12.9.